The maximum absolute atomic E-state index is 11.3. The van der Waals surface area contributed by atoms with Crippen LogP contribution in [0, 0.1) is 0 Å². The highest BCUT2D eigenvalue weighted by Gasteiger charge is 2.11. The SMILES string of the molecule is C=CC(=O)NCCCc1nc2ccccc2n1Cc1ccc(C(C)C)cc1. The number of rotatable bonds is 8. The summed E-state index contributed by atoms with van der Waals surface area (Å²) in [4.78, 5) is 16.1. The normalized spacial score (nSPS) is 11.1. The number of nitrogens with one attached hydrogen (secondary N) is 1. The molecule has 3 rings (SSSR count). The van der Waals surface area contributed by atoms with Crippen molar-refractivity contribution in [2.45, 2.75) is 39.2 Å². The minimum absolute atomic E-state index is 0.131. The molecule has 0 saturated carbocycles. The molecule has 3 aromatic rings. The number of hydrogen-bond donors (Lipinski definition) is 1. The molecule has 0 atom stereocenters. The van der Waals surface area contributed by atoms with Crippen molar-refractivity contribution in [1.82, 2.24) is 14.9 Å². The summed E-state index contributed by atoms with van der Waals surface area (Å²) in [5, 5.41) is 2.83. The van der Waals surface area contributed by atoms with E-state index in [-0.39, 0.29) is 5.91 Å². The Labute approximate surface area is 160 Å². The molecule has 2 aromatic carbocycles. The number of hydrogen-bond acceptors (Lipinski definition) is 2. The molecule has 0 radical (unpaired) electrons. The van der Waals surface area contributed by atoms with Crippen molar-refractivity contribution in [2.75, 3.05) is 6.54 Å². The quantitative estimate of drug-likeness (QED) is 0.476. The van der Waals surface area contributed by atoms with Gasteiger partial charge < -0.3 is 9.88 Å². The molecule has 0 bridgehead atoms. The highest BCUT2D eigenvalue weighted by molar-refractivity contribution is 5.86. The Morgan fingerprint density at radius 2 is 1.93 bits per heavy atom. The van der Waals surface area contributed by atoms with Crippen LogP contribution >= 0.6 is 0 Å². The van der Waals surface area contributed by atoms with E-state index in [1.54, 1.807) is 0 Å². The number of aryl methyl sites for hydroxylation is 1. The predicted octanol–water partition coefficient (Wildman–Crippen LogP) is 4.44. The van der Waals surface area contributed by atoms with Crippen molar-refractivity contribution >= 4 is 16.9 Å². The Balaban J connectivity index is 1.79. The van der Waals surface area contributed by atoms with Gasteiger partial charge >= 0.3 is 0 Å². The van der Waals surface area contributed by atoms with E-state index in [2.05, 4.69) is 72.8 Å². The fourth-order valence-corrected chi connectivity index (χ4v) is 3.21. The van der Waals surface area contributed by atoms with Crippen LogP contribution in [0.2, 0.25) is 0 Å². The summed E-state index contributed by atoms with van der Waals surface area (Å²) in [7, 11) is 0. The summed E-state index contributed by atoms with van der Waals surface area (Å²) < 4.78 is 2.29. The number of carbonyl (C=O) groups is 1. The molecule has 1 aromatic heterocycles. The van der Waals surface area contributed by atoms with Crippen LogP contribution in [0.5, 0.6) is 0 Å². The van der Waals surface area contributed by atoms with Crippen molar-refractivity contribution in [2.24, 2.45) is 0 Å². The van der Waals surface area contributed by atoms with E-state index >= 15 is 0 Å². The molecule has 4 heteroatoms. The molecule has 0 aliphatic carbocycles. The van der Waals surface area contributed by atoms with Gasteiger partial charge in [0.15, 0.2) is 0 Å². The topological polar surface area (TPSA) is 46.9 Å². The number of imidazole rings is 1. The number of fused-ring (bicyclic) bond motifs is 1. The zero-order valence-corrected chi connectivity index (χ0v) is 16.1. The highest BCUT2D eigenvalue weighted by atomic mass is 16.1. The molecular formula is C23H27N3O. The van der Waals surface area contributed by atoms with Gasteiger partial charge in [0.1, 0.15) is 5.82 Å². The lowest BCUT2D eigenvalue weighted by Gasteiger charge is -2.11. The van der Waals surface area contributed by atoms with E-state index < -0.39 is 0 Å². The van der Waals surface area contributed by atoms with Crippen LogP contribution in [0.3, 0.4) is 0 Å². The average Bonchev–Trinajstić information content (AvgIpc) is 3.03. The smallest absolute Gasteiger partial charge is 0.243 e. The fourth-order valence-electron chi connectivity index (χ4n) is 3.21. The van der Waals surface area contributed by atoms with Gasteiger partial charge in [-0.15, -0.1) is 0 Å². The van der Waals surface area contributed by atoms with Crippen LogP contribution in [0.25, 0.3) is 11.0 Å². The Hall–Kier alpha value is -2.88. The molecule has 0 fully saturated rings. The van der Waals surface area contributed by atoms with E-state index in [1.807, 2.05) is 6.07 Å². The third kappa shape index (κ3) is 4.64. The number of benzene rings is 2. The third-order valence-electron chi connectivity index (χ3n) is 4.78. The predicted molar refractivity (Wildman–Crippen MR) is 111 cm³/mol. The lowest BCUT2D eigenvalue weighted by molar-refractivity contribution is -0.116. The molecule has 1 N–H and O–H groups in total. The van der Waals surface area contributed by atoms with Crippen LogP contribution in [-0.4, -0.2) is 22.0 Å². The first-order valence-electron chi connectivity index (χ1n) is 9.51. The van der Waals surface area contributed by atoms with Gasteiger partial charge in [0.05, 0.1) is 11.0 Å². The third-order valence-corrected chi connectivity index (χ3v) is 4.78. The number of nitrogens with zero attached hydrogens (tertiary/aromatic N) is 2. The fraction of sp³-hybridized carbons (Fsp3) is 0.304. The number of para-hydroxylation sites is 2. The summed E-state index contributed by atoms with van der Waals surface area (Å²) in [5.41, 5.74) is 4.79. The molecule has 140 valence electrons. The molecule has 0 aliphatic rings. The van der Waals surface area contributed by atoms with Gasteiger partial charge in [-0.05, 0) is 41.7 Å². The average molecular weight is 361 g/mol. The molecule has 0 aliphatic heterocycles. The molecule has 0 unspecified atom stereocenters. The van der Waals surface area contributed by atoms with E-state index in [9.17, 15) is 4.79 Å². The van der Waals surface area contributed by atoms with Crippen LogP contribution in [-0.2, 0) is 17.8 Å². The zero-order valence-electron chi connectivity index (χ0n) is 16.1. The Morgan fingerprint density at radius 3 is 2.63 bits per heavy atom. The van der Waals surface area contributed by atoms with Gasteiger partial charge in [0, 0.05) is 19.5 Å². The van der Waals surface area contributed by atoms with Gasteiger partial charge in [-0.2, -0.15) is 0 Å². The molecule has 4 nitrogen and oxygen atoms in total. The maximum atomic E-state index is 11.3. The second-order valence-corrected chi connectivity index (χ2v) is 7.10. The van der Waals surface area contributed by atoms with Crippen molar-refractivity contribution in [3.05, 3.63) is 78.1 Å². The minimum atomic E-state index is -0.131. The summed E-state index contributed by atoms with van der Waals surface area (Å²) in [5.74, 6) is 1.46. The van der Waals surface area contributed by atoms with Crippen molar-refractivity contribution in [1.29, 1.82) is 0 Å². The molecule has 1 amide bonds. The first-order chi connectivity index (χ1) is 13.1. The van der Waals surface area contributed by atoms with E-state index in [0.29, 0.717) is 12.5 Å². The Bertz CT molecular complexity index is 922. The lowest BCUT2D eigenvalue weighted by Crippen LogP contribution is -2.22. The largest absolute Gasteiger partial charge is 0.353 e. The van der Waals surface area contributed by atoms with Gasteiger partial charge in [0.2, 0.25) is 5.91 Å². The van der Waals surface area contributed by atoms with Crippen molar-refractivity contribution < 1.29 is 4.79 Å². The first kappa shape index (κ1) is 18.9. The van der Waals surface area contributed by atoms with Gasteiger partial charge in [-0.3, -0.25) is 4.79 Å². The van der Waals surface area contributed by atoms with Crippen LogP contribution in [0.4, 0.5) is 0 Å². The second kappa shape index (κ2) is 8.67. The van der Waals surface area contributed by atoms with Crippen LogP contribution < -0.4 is 5.32 Å². The first-order valence-corrected chi connectivity index (χ1v) is 9.51. The zero-order chi connectivity index (χ0) is 19.2. The molecular weight excluding hydrogens is 334 g/mol. The van der Waals surface area contributed by atoms with Gasteiger partial charge in [0.25, 0.3) is 0 Å². The lowest BCUT2D eigenvalue weighted by atomic mass is 10.0. The maximum Gasteiger partial charge on any atom is 0.243 e. The molecule has 27 heavy (non-hydrogen) atoms. The van der Waals surface area contributed by atoms with Crippen LogP contribution in [0.15, 0.2) is 61.2 Å². The molecule has 1 heterocycles. The summed E-state index contributed by atoms with van der Waals surface area (Å²) >= 11 is 0. The Kier molecular flexibility index (Phi) is 6.07. The number of aromatic nitrogens is 2. The van der Waals surface area contributed by atoms with Crippen molar-refractivity contribution in [3.63, 3.8) is 0 Å². The molecule has 0 saturated heterocycles. The molecule has 0 spiro atoms. The second-order valence-electron chi connectivity index (χ2n) is 7.10. The summed E-state index contributed by atoms with van der Waals surface area (Å²) in [6, 6.07) is 17.1. The van der Waals surface area contributed by atoms with Crippen LogP contribution in [0.1, 0.15) is 43.1 Å². The number of amides is 1. The Morgan fingerprint density at radius 1 is 1.19 bits per heavy atom. The summed E-state index contributed by atoms with van der Waals surface area (Å²) in [6.45, 7) is 9.32. The van der Waals surface area contributed by atoms with E-state index in [4.69, 9.17) is 4.98 Å². The highest BCUT2D eigenvalue weighted by Crippen LogP contribution is 2.20. The van der Waals surface area contributed by atoms with E-state index in [1.165, 1.54) is 17.2 Å². The van der Waals surface area contributed by atoms with Crippen molar-refractivity contribution in [3.8, 4) is 0 Å². The number of carbonyl (C=O) groups excluding carboxylic acids is 1. The monoisotopic (exact) mass is 361 g/mol. The van der Waals surface area contributed by atoms with Gasteiger partial charge in [-0.1, -0.05) is 56.8 Å². The van der Waals surface area contributed by atoms with E-state index in [0.717, 1.165) is 36.2 Å². The minimum Gasteiger partial charge on any atom is -0.353 e. The standard InChI is InChI=1S/C23H27N3O/c1-4-23(27)24-15-7-10-22-25-20-8-5-6-9-21(20)26(22)16-18-11-13-19(14-12-18)17(2)3/h4-6,8-9,11-14,17H,1,7,10,15-16H2,2-3H3,(H,24,27). The van der Waals surface area contributed by atoms with Gasteiger partial charge in [-0.25, -0.2) is 4.98 Å². The summed E-state index contributed by atoms with van der Waals surface area (Å²) in [6.07, 6.45) is 2.96.